The van der Waals surface area contributed by atoms with Crippen LogP contribution < -0.4 is 0 Å². The molecule has 1 aliphatic rings. The number of piperidine rings is 1. The number of imidazole rings is 1. The lowest BCUT2D eigenvalue weighted by Gasteiger charge is -2.34. The van der Waals surface area contributed by atoms with Gasteiger partial charge in [-0.05, 0) is 18.4 Å². The van der Waals surface area contributed by atoms with Gasteiger partial charge in [-0.25, -0.2) is 4.98 Å². The monoisotopic (exact) mass is 348 g/mol. The highest BCUT2D eigenvalue weighted by atomic mass is 32.2. The van der Waals surface area contributed by atoms with Gasteiger partial charge in [-0.2, -0.15) is 17.0 Å². The van der Waals surface area contributed by atoms with E-state index in [0.717, 1.165) is 24.2 Å². The van der Waals surface area contributed by atoms with Crippen LogP contribution in [0.1, 0.15) is 37.1 Å². The van der Waals surface area contributed by atoms with Gasteiger partial charge < -0.3 is 4.98 Å². The summed E-state index contributed by atoms with van der Waals surface area (Å²) in [6, 6.07) is 9.72. The molecule has 1 fully saturated rings. The van der Waals surface area contributed by atoms with E-state index >= 15 is 0 Å². The Kier molecular flexibility index (Phi) is 5.33. The lowest BCUT2D eigenvalue weighted by Crippen LogP contribution is -2.47. The van der Waals surface area contributed by atoms with E-state index in [-0.39, 0.29) is 5.92 Å². The van der Waals surface area contributed by atoms with Gasteiger partial charge in [0, 0.05) is 44.5 Å². The predicted octanol–water partition coefficient (Wildman–Crippen LogP) is 2.36. The van der Waals surface area contributed by atoms with Crippen molar-refractivity contribution in [2.75, 3.05) is 19.6 Å². The summed E-state index contributed by atoms with van der Waals surface area (Å²) in [5.41, 5.74) is 1.00. The smallest absolute Gasteiger partial charge is 0.282 e. The molecule has 3 rings (SSSR count). The summed E-state index contributed by atoms with van der Waals surface area (Å²) < 4.78 is 29.3. The van der Waals surface area contributed by atoms with Gasteiger partial charge in [-0.3, -0.25) is 0 Å². The third kappa shape index (κ3) is 3.68. The van der Waals surface area contributed by atoms with E-state index in [1.165, 1.54) is 0 Å². The molecule has 130 valence electrons. The largest absolute Gasteiger partial charge is 0.348 e. The van der Waals surface area contributed by atoms with Gasteiger partial charge in [0.1, 0.15) is 5.82 Å². The summed E-state index contributed by atoms with van der Waals surface area (Å²) in [5, 5.41) is 0. The van der Waals surface area contributed by atoms with Crippen LogP contribution in [0.5, 0.6) is 0 Å². The van der Waals surface area contributed by atoms with Crippen molar-refractivity contribution in [3.63, 3.8) is 0 Å². The van der Waals surface area contributed by atoms with Crippen molar-refractivity contribution >= 4 is 10.2 Å². The summed E-state index contributed by atoms with van der Waals surface area (Å²) >= 11 is 0. The van der Waals surface area contributed by atoms with Gasteiger partial charge in [0.25, 0.3) is 10.2 Å². The zero-order chi connectivity index (χ0) is 17.0. The number of H-pyrrole nitrogens is 1. The van der Waals surface area contributed by atoms with Crippen molar-refractivity contribution in [1.29, 1.82) is 0 Å². The molecule has 1 N–H and O–H groups in total. The van der Waals surface area contributed by atoms with E-state index in [0.29, 0.717) is 26.2 Å². The van der Waals surface area contributed by atoms with Gasteiger partial charge in [0.05, 0.1) is 0 Å². The van der Waals surface area contributed by atoms with Gasteiger partial charge in [0.15, 0.2) is 0 Å². The Balaban J connectivity index is 1.75. The lowest BCUT2D eigenvalue weighted by molar-refractivity contribution is 0.279. The van der Waals surface area contributed by atoms with Crippen molar-refractivity contribution in [1.82, 2.24) is 18.6 Å². The minimum atomic E-state index is -3.47. The summed E-state index contributed by atoms with van der Waals surface area (Å²) in [5.74, 6) is 1.01. The fraction of sp³-hybridized carbons (Fsp3) is 0.471. The SMILES string of the molecule is CCN(Cc1ccccc1)S(=O)(=O)N1CCC[C@H](c2ncc[nH]2)C1. The second-order valence-corrected chi connectivity index (χ2v) is 8.02. The van der Waals surface area contributed by atoms with Crippen LogP contribution in [0.4, 0.5) is 0 Å². The number of benzene rings is 1. The van der Waals surface area contributed by atoms with E-state index in [1.807, 2.05) is 37.3 Å². The Morgan fingerprint density at radius 1 is 1.33 bits per heavy atom. The van der Waals surface area contributed by atoms with Crippen LogP contribution in [0.25, 0.3) is 0 Å². The molecule has 2 aromatic rings. The van der Waals surface area contributed by atoms with Crippen LogP contribution in [-0.4, -0.2) is 46.6 Å². The third-order valence-electron chi connectivity index (χ3n) is 4.50. The molecule has 7 heteroatoms. The van der Waals surface area contributed by atoms with E-state index in [1.54, 1.807) is 21.0 Å². The van der Waals surface area contributed by atoms with Crippen LogP contribution >= 0.6 is 0 Å². The van der Waals surface area contributed by atoms with Crippen LogP contribution in [0, 0.1) is 0 Å². The van der Waals surface area contributed by atoms with Crippen molar-refractivity contribution in [2.45, 2.75) is 32.2 Å². The van der Waals surface area contributed by atoms with Gasteiger partial charge >= 0.3 is 0 Å². The topological polar surface area (TPSA) is 69.3 Å². The zero-order valence-corrected chi connectivity index (χ0v) is 14.7. The van der Waals surface area contributed by atoms with Crippen LogP contribution in [0.3, 0.4) is 0 Å². The van der Waals surface area contributed by atoms with Gasteiger partial charge in [-0.1, -0.05) is 37.3 Å². The average Bonchev–Trinajstić information content (AvgIpc) is 3.15. The van der Waals surface area contributed by atoms with Crippen LogP contribution in [0.2, 0.25) is 0 Å². The Morgan fingerprint density at radius 2 is 2.12 bits per heavy atom. The molecule has 24 heavy (non-hydrogen) atoms. The predicted molar refractivity (Wildman–Crippen MR) is 93.6 cm³/mol. The summed E-state index contributed by atoms with van der Waals surface area (Å²) in [6.07, 6.45) is 5.32. The summed E-state index contributed by atoms with van der Waals surface area (Å²) in [6.45, 7) is 3.81. The van der Waals surface area contributed by atoms with E-state index in [9.17, 15) is 8.42 Å². The molecule has 1 saturated heterocycles. The second kappa shape index (κ2) is 7.46. The molecule has 1 aliphatic heterocycles. The Bertz CT molecular complexity index is 731. The van der Waals surface area contributed by atoms with E-state index < -0.39 is 10.2 Å². The average molecular weight is 348 g/mol. The number of aromatic amines is 1. The molecule has 0 bridgehead atoms. The number of nitrogens with zero attached hydrogens (tertiary/aromatic N) is 3. The minimum Gasteiger partial charge on any atom is -0.348 e. The van der Waals surface area contributed by atoms with Gasteiger partial charge in [-0.15, -0.1) is 0 Å². The normalized spacial score (nSPS) is 19.7. The Morgan fingerprint density at radius 3 is 2.79 bits per heavy atom. The minimum absolute atomic E-state index is 0.138. The maximum absolute atomic E-state index is 13.1. The van der Waals surface area contributed by atoms with Crippen molar-refractivity contribution in [3.05, 3.63) is 54.1 Å². The highest BCUT2D eigenvalue weighted by Gasteiger charge is 2.34. The van der Waals surface area contributed by atoms with Crippen LogP contribution in [0.15, 0.2) is 42.7 Å². The highest BCUT2D eigenvalue weighted by molar-refractivity contribution is 7.86. The highest BCUT2D eigenvalue weighted by Crippen LogP contribution is 2.27. The molecule has 0 unspecified atom stereocenters. The molecule has 1 atom stereocenters. The first-order valence-corrected chi connectivity index (χ1v) is 9.79. The number of nitrogens with one attached hydrogen (secondary N) is 1. The maximum Gasteiger partial charge on any atom is 0.282 e. The fourth-order valence-electron chi connectivity index (χ4n) is 3.18. The third-order valence-corrected chi connectivity index (χ3v) is 6.52. The van der Waals surface area contributed by atoms with E-state index in [4.69, 9.17) is 0 Å². The molecule has 1 aromatic heterocycles. The molecule has 0 amide bonds. The van der Waals surface area contributed by atoms with Crippen molar-refractivity contribution < 1.29 is 8.42 Å². The van der Waals surface area contributed by atoms with Crippen molar-refractivity contribution in [2.24, 2.45) is 0 Å². The summed E-state index contributed by atoms with van der Waals surface area (Å²) in [4.78, 5) is 7.41. The lowest BCUT2D eigenvalue weighted by atomic mass is 9.99. The van der Waals surface area contributed by atoms with Gasteiger partial charge in [0.2, 0.25) is 0 Å². The Labute approximate surface area is 143 Å². The standard InChI is InChI=1S/C17H24N4O2S/c1-2-20(13-15-7-4-3-5-8-15)24(22,23)21-12-6-9-16(14-21)17-18-10-11-19-17/h3-5,7-8,10-11,16H,2,6,9,12-14H2,1H3,(H,18,19)/t16-/m0/s1. The quantitative estimate of drug-likeness (QED) is 0.871. The molecule has 0 aliphatic carbocycles. The number of aromatic nitrogens is 2. The number of rotatable bonds is 6. The van der Waals surface area contributed by atoms with Crippen LogP contribution in [-0.2, 0) is 16.8 Å². The first-order chi connectivity index (χ1) is 11.6. The molecule has 0 spiro atoms. The molecule has 0 saturated carbocycles. The molecule has 0 radical (unpaired) electrons. The number of hydrogen-bond donors (Lipinski definition) is 1. The van der Waals surface area contributed by atoms with E-state index in [2.05, 4.69) is 9.97 Å². The molecule has 1 aromatic carbocycles. The van der Waals surface area contributed by atoms with Crippen molar-refractivity contribution in [3.8, 4) is 0 Å². The first kappa shape index (κ1) is 17.1. The second-order valence-electron chi connectivity index (χ2n) is 6.09. The number of hydrogen-bond acceptors (Lipinski definition) is 3. The molecular formula is C17H24N4O2S. The maximum atomic E-state index is 13.1. The first-order valence-electron chi connectivity index (χ1n) is 8.39. The molecular weight excluding hydrogens is 324 g/mol. The summed E-state index contributed by atoms with van der Waals surface area (Å²) in [7, 11) is -3.47. The molecule has 2 heterocycles. The zero-order valence-electron chi connectivity index (χ0n) is 13.9. The molecule has 6 nitrogen and oxygen atoms in total. The Hall–Kier alpha value is -1.70. The fourth-order valence-corrected chi connectivity index (χ4v) is 4.88.